The largest absolute Gasteiger partial charge is 0.481 e. The van der Waals surface area contributed by atoms with E-state index >= 15 is 0 Å². The standard InChI is InChI=1S/C19H28N2O5/c1-21(11-17(22)13-26-12-14-5-3-2-4-6-14)19(25)20-16-9-7-15(8-10-16)18(23)24/h2-6,15-17,22H,7-13H2,1H3,(H,20,25)(H,23,24). The van der Waals surface area contributed by atoms with Crippen LogP contribution in [0.15, 0.2) is 30.3 Å². The van der Waals surface area contributed by atoms with Gasteiger partial charge in [-0.15, -0.1) is 0 Å². The maximum atomic E-state index is 12.2. The van der Waals surface area contributed by atoms with Crippen LogP contribution in [0.5, 0.6) is 0 Å². The number of amides is 2. The number of hydrogen-bond donors (Lipinski definition) is 3. The zero-order valence-electron chi connectivity index (χ0n) is 15.1. The fraction of sp³-hybridized carbons (Fsp3) is 0.579. The first-order valence-electron chi connectivity index (χ1n) is 9.00. The number of carbonyl (C=O) groups excluding carboxylic acids is 1. The molecule has 2 rings (SSSR count). The van der Waals surface area contributed by atoms with E-state index in [0.717, 1.165) is 5.56 Å². The minimum absolute atomic E-state index is 0.00739. The number of carbonyl (C=O) groups is 2. The minimum Gasteiger partial charge on any atom is -0.481 e. The number of aliphatic hydroxyl groups excluding tert-OH is 1. The van der Waals surface area contributed by atoms with Crippen molar-refractivity contribution in [3.8, 4) is 0 Å². The molecule has 7 nitrogen and oxygen atoms in total. The lowest BCUT2D eigenvalue weighted by Crippen LogP contribution is -2.47. The molecule has 1 atom stereocenters. The number of aliphatic hydroxyl groups is 1. The van der Waals surface area contributed by atoms with Crippen LogP contribution in [-0.4, -0.2) is 59.5 Å². The van der Waals surface area contributed by atoms with Crippen molar-refractivity contribution in [3.05, 3.63) is 35.9 Å². The van der Waals surface area contributed by atoms with Crippen LogP contribution in [0.4, 0.5) is 4.79 Å². The Bertz CT molecular complexity index is 573. The smallest absolute Gasteiger partial charge is 0.317 e. The van der Waals surface area contributed by atoms with Gasteiger partial charge in [0, 0.05) is 13.1 Å². The fourth-order valence-electron chi connectivity index (χ4n) is 3.11. The van der Waals surface area contributed by atoms with Crippen molar-refractivity contribution in [3.63, 3.8) is 0 Å². The van der Waals surface area contributed by atoms with Crippen molar-refractivity contribution in [2.75, 3.05) is 20.2 Å². The van der Waals surface area contributed by atoms with Crippen LogP contribution in [0.3, 0.4) is 0 Å². The van der Waals surface area contributed by atoms with E-state index in [2.05, 4.69) is 5.32 Å². The Morgan fingerprint density at radius 1 is 1.23 bits per heavy atom. The number of carboxylic acids is 1. The minimum atomic E-state index is -0.766. The average molecular weight is 364 g/mol. The van der Waals surface area contributed by atoms with Gasteiger partial charge in [0.2, 0.25) is 0 Å². The third-order valence-electron chi connectivity index (χ3n) is 4.66. The molecule has 1 unspecified atom stereocenters. The quantitative estimate of drug-likeness (QED) is 0.654. The molecule has 2 amide bonds. The molecule has 0 aliphatic heterocycles. The van der Waals surface area contributed by atoms with Crippen molar-refractivity contribution in [2.45, 2.75) is 44.4 Å². The topological polar surface area (TPSA) is 99.1 Å². The van der Waals surface area contributed by atoms with E-state index in [1.54, 1.807) is 7.05 Å². The highest BCUT2D eigenvalue weighted by atomic mass is 16.5. The normalized spacial score (nSPS) is 21.0. The number of rotatable bonds is 8. The van der Waals surface area contributed by atoms with Crippen LogP contribution < -0.4 is 5.32 Å². The predicted octanol–water partition coefficient (Wildman–Crippen LogP) is 1.85. The summed E-state index contributed by atoms with van der Waals surface area (Å²) in [5, 5.41) is 21.9. The first-order valence-corrected chi connectivity index (χ1v) is 9.00. The summed E-state index contributed by atoms with van der Waals surface area (Å²) < 4.78 is 5.48. The average Bonchev–Trinajstić information content (AvgIpc) is 2.63. The van der Waals surface area contributed by atoms with E-state index in [0.29, 0.717) is 32.3 Å². The number of urea groups is 1. The lowest BCUT2D eigenvalue weighted by atomic mass is 9.86. The van der Waals surface area contributed by atoms with Gasteiger partial charge >= 0.3 is 12.0 Å². The van der Waals surface area contributed by atoms with Gasteiger partial charge in [-0.05, 0) is 31.2 Å². The van der Waals surface area contributed by atoms with Crippen molar-refractivity contribution in [2.24, 2.45) is 5.92 Å². The summed E-state index contributed by atoms with van der Waals surface area (Å²) in [6.45, 7) is 0.738. The maximum absolute atomic E-state index is 12.2. The number of nitrogens with one attached hydrogen (secondary N) is 1. The fourth-order valence-corrected chi connectivity index (χ4v) is 3.11. The zero-order valence-corrected chi connectivity index (χ0v) is 15.1. The van der Waals surface area contributed by atoms with Crippen molar-refractivity contribution in [1.82, 2.24) is 10.2 Å². The SMILES string of the molecule is CN(CC(O)COCc1ccccc1)C(=O)NC1CCC(C(=O)O)CC1. The maximum Gasteiger partial charge on any atom is 0.317 e. The third-order valence-corrected chi connectivity index (χ3v) is 4.66. The Kier molecular flexibility index (Phi) is 7.87. The van der Waals surface area contributed by atoms with E-state index in [9.17, 15) is 14.7 Å². The second kappa shape index (κ2) is 10.1. The Labute approximate surface area is 154 Å². The summed E-state index contributed by atoms with van der Waals surface area (Å²) in [5.41, 5.74) is 1.03. The van der Waals surface area contributed by atoms with Gasteiger partial charge in [-0.25, -0.2) is 4.79 Å². The Balaban J connectivity index is 1.64. The Morgan fingerprint density at radius 2 is 1.88 bits per heavy atom. The first kappa shape index (κ1) is 20.2. The number of hydrogen-bond acceptors (Lipinski definition) is 4. The van der Waals surface area contributed by atoms with Crippen LogP contribution >= 0.6 is 0 Å². The monoisotopic (exact) mass is 364 g/mol. The third kappa shape index (κ3) is 6.65. The van der Waals surface area contributed by atoms with Gasteiger partial charge in [0.05, 0.1) is 31.8 Å². The molecule has 26 heavy (non-hydrogen) atoms. The molecule has 0 aromatic heterocycles. The highest BCUT2D eigenvalue weighted by Gasteiger charge is 2.27. The number of likely N-dealkylation sites (N-methyl/N-ethyl adjacent to an activating group) is 1. The van der Waals surface area contributed by atoms with Crippen molar-refractivity contribution in [1.29, 1.82) is 0 Å². The number of ether oxygens (including phenoxy) is 1. The van der Waals surface area contributed by atoms with Crippen LogP contribution in [0, 0.1) is 5.92 Å². The van der Waals surface area contributed by atoms with Gasteiger partial charge in [-0.2, -0.15) is 0 Å². The molecular weight excluding hydrogens is 336 g/mol. The second-order valence-electron chi connectivity index (χ2n) is 6.87. The van der Waals surface area contributed by atoms with E-state index in [4.69, 9.17) is 9.84 Å². The summed E-state index contributed by atoms with van der Waals surface area (Å²) in [4.78, 5) is 24.6. The second-order valence-corrected chi connectivity index (χ2v) is 6.87. The molecule has 1 saturated carbocycles. The molecule has 3 N–H and O–H groups in total. The number of benzene rings is 1. The molecule has 0 saturated heterocycles. The van der Waals surface area contributed by atoms with Gasteiger partial charge < -0.3 is 25.2 Å². The highest BCUT2D eigenvalue weighted by Crippen LogP contribution is 2.24. The molecular formula is C19H28N2O5. The number of nitrogens with zero attached hydrogens (tertiary/aromatic N) is 1. The van der Waals surface area contributed by atoms with Gasteiger partial charge in [-0.1, -0.05) is 30.3 Å². The zero-order chi connectivity index (χ0) is 18.9. The molecule has 1 aromatic rings. The molecule has 1 aliphatic rings. The summed E-state index contributed by atoms with van der Waals surface area (Å²) >= 11 is 0. The summed E-state index contributed by atoms with van der Waals surface area (Å²) in [5.74, 6) is -1.06. The lowest BCUT2D eigenvalue weighted by molar-refractivity contribution is -0.142. The summed E-state index contributed by atoms with van der Waals surface area (Å²) in [6, 6.07) is 9.42. The molecule has 144 valence electrons. The molecule has 1 aromatic carbocycles. The number of carboxylic acid groups (broad SMARTS) is 1. The van der Waals surface area contributed by atoms with Gasteiger partial charge in [0.15, 0.2) is 0 Å². The molecule has 0 radical (unpaired) electrons. The highest BCUT2D eigenvalue weighted by molar-refractivity contribution is 5.74. The van der Waals surface area contributed by atoms with Crippen molar-refractivity contribution >= 4 is 12.0 Å². The molecule has 7 heteroatoms. The molecule has 0 spiro atoms. The lowest BCUT2D eigenvalue weighted by Gasteiger charge is -2.29. The predicted molar refractivity (Wildman–Crippen MR) is 96.6 cm³/mol. The summed E-state index contributed by atoms with van der Waals surface area (Å²) in [7, 11) is 1.62. The van der Waals surface area contributed by atoms with E-state index < -0.39 is 12.1 Å². The van der Waals surface area contributed by atoms with Gasteiger partial charge in [0.1, 0.15) is 0 Å². The van der Waals surface area contributed by atoms with Crippen LogP contribution in [0.25, 0.3) is 0 Å². The van der Waals surface area contributed by atoms with E-state index in [-0.39, 0.29) is 31.1 Å². The molecule has 0 bridgehead atoms. The summed E-state index contributed by atoms with van der Waals surface area (Å²) in [6.07, 6.45) is 1.73. The van der Waals surface area contributed by atoms with Gasteiger partial charge in [-0.3, -0.25) is 4.79 Å². The van der Waals surface area contributed by atoms with Crippen LogP contribution in [0.2, 0.25) is 0 Å². The Morgan fingerprint density at radius 3 is 2.50 bits per heavy atom. The van der Waals surface area contributed by atoms with Crippen molar-refractivity contribution < 1.29 is 24.5 Å². The molecule has 1 fully saturated rings. The van der Waals surface area contributed by atoms with Crippen LogP contribution in [-0.2, 0) is 16.1 Å². The van der Waals surface area contributed by atoms with E-state index in [1.165, 1.54) is 4.90 Å². The van der Waals surface area contributed by atoms with Gasteiger partial charge in [0.25, 0.3) is 0 Å². The van der Waals surface area contributed by atoms with Crippen LogP contribution in [0.1, 0.15) is 31.2 Å². The van der Waals surface area contributed by atoms with E-state index in [1.807, 2.05) is 30.3 Å². The Hall–Kier alpha value is -2.12. The number of aliphatic carboxylic acids is 1. The first-order chi connectivity index (χ1) is 12.5. The molecule has 0 heterocycles. The molecule has 1 aliphatic carbocycles.